The summed E-state index contributed by atoms with van der Waals surface area (Å²) in [7, 11) is 4.40. The molecule has 0 bridgehead atoms. The maximum atomic E-state index is 12.8. The molecule has 0 atom stereocenters. The number of Topliss-reactive ketones (excluding diaryl/α,β-unsaturated/α-hetero) is 1. The Hall–Kier alpha value is -4.52. The molecule has 34 heavy (non-hydrogen) atoms. The fourth-order valence-electron chi connectivity index (χ4n) is 3.42. The number of allylic oxidation sites excluding steroid dienone is 3. The molecular formula is C27H22O7. The first kappa shape index (κ1) is 22.7. The van der Waals surface area contributed by atoms with Crippen molar-refractivity contribution in [3.05, 3.63) is 95.3 Å². The highest BCUT2D eigenvalue weighted by atomic mass is 16.5. The molecule has 0 saturated carbocycles. The minimum absolute atomic E-state index is 0.190. The van der Waals surface area contributed by atoms with E-state index in [1.165, 1.54) is 39.5 Å². The number of carbonyl (C=O) groups excluding carboxylic acids is 2. The van der Waals surface area contributed by atoms with Gasteiger partial charge in [0.25, 0.3) is 0 Å². The van der Waals surface area contributed by atoms with Crippen molar-refractivity contribution in [2.24, 2.45) is 0 Å². The first-order chi connectivity index (χ1) is 16.5. The van der Waals surface area contributed by atoms with Crippen LogP contribution < -0.4 is 23.7 Å². The van der Waals surface area contributed by atoms with Gasteiger partial charge < -0.3 is 23.7 Å². The largest absolute Gasteiger partial charge is 0.493 e. The molecular weight excluding hydrogens is 436 g/mol. The van der Waals surface area contributed by atoms with Crippen LogP contribution in [-0.2, 0) is 0 Å². The summed E-state index contributed by atoms with van der Waals surface area (Å²) >= 11 is 0. The molecule has 7 heteroatoms. The van der Waals surface area contributed by atoms with Gasteiger partial charge in [-0.05, 0) is 35.9 Å². The van der Waals surface area contributed by atoms with E-state index >= 15 is 0 Å². The second-order valence-corrected chi connectivity index (χ2v) is 7.19. The van der Waals surface area contributed by atoms with Crippen molar-refractivity contribution in [1.82, 2.24) is 0 Å². The smallest absolute Gasteiger partial charge is 0.343 e. The average molecular weight is 458 g/mol. The van der Waals surface area contributed by atoms with Crippen LogP contribution in [0.2, 0.25) is 0 Å². The number of hydrogen-bond acceptors (Lipinski definition) is 7. The van der Waals surface area contributed by atoms with Crippen LogP contribution in [0, 0.1) is 0 Å². The predicted molar refractivity (Wildman–Crippen MR) is 126 cm³/mol. The summed E-state index contributed by atoms with van der Waals surface area (Å²) in [6.45, 7) is 0. The van der Waals surface area contributed by atoms with E-state index in [9.17, 15) is 9.59 Å². The van der Waals surface area contributed by atoms with Crippen molar-refractivity contribution in [3.8, 4) is 28.7 Å². The van der Waals surface area contributed by atoms with Gasteiger partial charge in [-0.15, -0.1) is 0 Å². The summed E-state index contributed by atoms with van der Waals surface area (Å²) < 4.78 is 27.0. The van der Waals surface area contributed by atoms with Crippen molar-refractivity contribution in [2.45, 2.75) is 0 Å². The van der Waals surface area contributed by atoms with E-state index in [-0.39, 0.29) is 22.9 Å². The van der Waals surface area contributed by atoms with Crippen LogP contribution in [0.1, 0.15) is 26.3 Å². The molecule has 7 nitrogen and oxygen atoms in total. The number of carbonyl (C=O) groups is 2. The molecule has 0 radical (unpaired) electrons. The highest BCUT2D eigenvalue weighted by Gasteiger charge is 2.28. The predicted octanol–water partition coefficient (Wildman–Crippen LogP) is 5.10. The van der Waals surface area contributed by atoms with Crippen LogP contribution in [0.3, 0.4) is 0 Å². The van der Waals surface area contributed by atoms with Gasteiger partial charge in [-0.2, -0.15) is 0 Å². The zero-order chi connectivity index (χ0) is 24.1. The number of ether oxygens (including phenoxy) is 5. The summed E-state index contributed by atoms with van der Waals surface area (Å²) in [5.41, 5.74) is 1.61. The zero-order valence-corrected chi connectivity index (χ0v) is 18.9. The number of fused-ring (bicyclic) bond motifs is 1. The molecule has 1 aliphatic heterocycles. The van der Waals surface area contributed by atoms with E-state index in [1.807, 2.05) is 36.4 Å². The maximum absolute atomic E-state index is 12.8. The molecule has 0 aliphatic carbocycles. The molecule has 3 aromatic carbocycles. The Labute approximate surface area is 196 Å². The maximum Gasteiger partial charge on any atom is 0.343 e. The Bertz CT molecular complexity index is 1260. The monoisotopic (exact) mass is 458 g/mol. The van der Waals surface area contributed by atoms with Crippen molar-refractivity contribution in [2.75, 3.05) is 21.3 Å². The normalized spacial score (nSPS) is 13.5. The van der Waals surface area contributed by atoms with Gasteiger partial charge >= 0.3 is 5.97 Å². The van der Waals surface area contributed by atoms with Gasteiger partial charge in [-0.25, -0.2) is 4.79 Å². The molecule has 0 fully saturated rings. The van der Waals surface area contributed by atoms with Crippen LogP contribution >= 0.6 is 0 Å². The third kappa shape index (κ3) is 4.63. The lowest BCUT2D eigenvalue weighted by molar-refractivity contribution is 0.0733. The third-order valence-corrected chi connectivity index (χ3v) is 5.09. The van der Waals surface area contributed by atoms with E-state index in [4.69, 9.17) is 23.7 Å². The van der Waals surface area contributed by atoms with Crippen molar-refractivity contribution < 1.29 is 33.3 Å². The van der Waals surface area contributed by atoms with Crippen LogP contribution in [-0.4, -0.2) is 33.1 Å². The van der Waals surface area contributed by atoms with Crippen LogP contribution in [0.25, 0.3) is 6.08 Å². The van der Waals surface area contributed by atoms with E-state index in [0.717, 1.165) is 5.56 Å². The van der Waals surface area contributed by atoms with Crippen molar-refractivity contribution in [3.63, 3.8) is 0 Å². The topological polar surface area (TPSA) is 80.3 Å². The second kappa shape index (κ2) is 9.95. The molecule has 0 unspecified atom stereocenters. The van der Waals surface area contributed by atoms with E-state index in [2.05, 4.69) is 0 Å². The zero-order valence-electron chi connectivity index (χ0n) is 18.9. The number of esters is 1. The van der Waals surface area contributed by atoms with Gasteiger partial charge in [-0.1, -0.05) is 42.5 Å². The summed E-state index contributed by atoms with van der Waals surface area (Å²) in [5, 5.41) is 0. The molecule has 1 aliphatic rings. The molecule has 0 saturated heterocycles. The Morgan fingerprint density at radius 2 is 1.59 bits per heavy atom. The minimum atomic E-state index is -0.634. The Kier molecular flexibility index (Phi) is 6.64. The highest BCUT2D eigenvalue weighted by Crippen LogP contribution is 2.39. The van der Waals surface area contributed by atoms with Gasteiger partial charge in [0.1, 0.15) is 11.5 Å². The van der Waals surface area contributed by atoms with Crippen LogP contribution in [0.15, 0.2) is 78.6 Å². The Morgan fingerprint density at radius 1 is 0.882 bits per heavy atom. The first-order valence-corrected chi connectivity index (χ1v) is 10.4. The second-order valence-electron chi connectivity index (χ2n) is 7.19. The third-order valence-electron chi connectivity index (χ3n) is 5.09. The average Bonchev–Trinajstić information content (AvgIpc) is 3.18. The molecule has 1 heterocycles. The molecule has 0 amide bonds. The minimum Gasteiger partial charge on any atom is -0.493 e. The van der Waals surface area contributed by atoms with E-state index in [1.54, 1.807) is 24.3 Å². The lowest BCUT2D eigenvalue weighted by atomic mass is 10.1. The van der Waals surface area contributed by atoms with Gasteiger partial charge in [0.05, 0.1) is 32.5 Å². The Balaban J connectivity index is 1.51. The van der Waals surface area contributed by atoms with Gasteiger partial charge in [0.2, 0.25) is 11.5 Å². The molecule has 0 spiro atoms. The summed E-state index contributed by atoms with van der Waals surface area (Å²) in [6.07, 6.45) is 5.23. The summed E-state index contributed by atoms with van der Waals surface area (Å²) in [5.74, 6) is 0.887. The Morgan fingerprint density at radius 3 is 2.24 bits per heavy atom. The lowest BCUT2D eigenvalue weighted by Crippen LogP contribution is -2.09. The van der Waals surface area contributed by atoms with E-state index < -0.39 is 5.97 Å². The molecule has 4 rings (SSSR count). The van der Waals surface area contributed by atoms with Gasteiger partial charge in [0, 0.05) is 6.07 Å². The number of hydrogen-bond donors (Lipinski definition) is 0. The van der Waals surface area contributed by atoms with Crippen LogP contribution in [0.5, 0.6) is 28.7 Å². The number of ketones is 1. The number of rotatable bonds is 7. The van der Waals surface area contributed by atoms with Crippen molar-refractivity contribution >= 4 is 17.8 Å². The van der Waals surface area contributed by atoms with E-state index in [0.29, 0.717) is 28.6 Å². The summed E-state index contributed by atoms with van der Waals surface area (Å²) in [6, 6.07) is 17.3. The highest BCUT2D eigenvalue weighted by molar-refractivity contribution is 6.12. The molecule has 0 aromatic heterocycles. The molecule has 3 aromatic rings. The van der Waals surface area contributed by atoms with Crippen LogP contribution in [0.4, 0.5) is 0 Å². The number of methoxy groups -OCH3 is 3. The van der Waals surface area contributed by atoms with Crippen molar-refractivity contribution in [1.29, 1.82) is 0 Å². The van der Waals surface area contributed by atoms with Gasteiger partial charge in [0.15, 0.2) is 17.3 Å². The SMILES string of the molecule is COc1cc(C(=O)Oc2ccc3c(c2)OC(=CC=Cc2ccccc2)C3=O)cc(OC)c1OC. The summed E-state index contributed by atoms with van der Waals surface area (Å²) in [4.78, 5) is 25.4. The first-order valence-electron chi connectivity index (χ1n) is 10.4. The molecule has 172 valence electrons. The molecule has 0 N–H and O–H groups in total. The fourth-order valence-corrected chi connectivity index (χ4v) is 3.42. The lowest BCUT2D eigenvalue weighted by Gasteiger charge is -2.13. The quantitative estimate of drug-likeness (QED) is 0.277. The number of benzene rings is 3. The fraction of sp³-hybridized carbons (Fsp3) is 0.111. The van der Waals surface area contributed by atoms with Gasteiger partial charge in [-0.3, -0.25) is 4.79 Å². The standard InChI is InChI=1S/C27H22O7/c1-30-23-14-18(15-24(31-2)26(23)32-3)27(29)33-19-12-13-20-22(16-19)34-21(25(20)28)11-7-10-17-8-5-4-6-9-17/h4-16H,1-3H3.